The van der Waals surface area contributed by atoms with Crippen molar-refractivity contribution in [2.24, 2.45) is 0 Å². The van der Waals surface area contributed by atoms with Crippen LogP contribution in [0.3, 0.4) is 0 Å². The van der Waals surface area contributed by atoms with Gasteiger partial charge < -0.3 is 14.8 Å². The monoisotopic (exact) mass is 347 g/mol. The fourth-order valence-electron chi connectivity index (χ4n) is 1.94. The van der Waals surface area contributed by atoms with Gasteiger partial charge in [-0.25, -0.2) is 0 Å². The summed E-state index contributed by atoms with van der Waals surface area (Å²) in [6, 6.07) is 5.10. The summed E-state index contributed by atoms with van der Waals surface area (Å²) in [6.45, 7) is 1.59. The first-order valence-corrected chi connectivity index (χ1v) is 7.10. The average molecular weight is 349 g/mol. The summed E-state index contributed by atoms with van der Waals surface area (Å²) in [5.41, 5.74) is 0.118. The second kappa shape index (κ2) is 6.22. The Bertz CT molecular complexity index is 475. The van der Waals surface area contributed by atoms with Crippen LogP contribution in [0.2, 0.25) is 5.02 Å². The Kier molecular flexibility index (Phi) is 4.84. The van der Waals surface area contributed by atoms with Crippen molar-refractivity contribution in [2.75, 3.05) is 26.9 Å². The molecule has 0 saturated carbocycles. The van der Waals surface area contributed by atoms with E-state index in [0.29, 0.717) is 30.3 Å². The van der Waals surface area contributed by atoms with E-state index in [9.17, 15) is 4.79 Å². The summed E-state index contributed by atoms with van der Waals surface area (Å²) in [5.74, 6) is -0.169. The van der Waals surface area contributed by atoms with E-state index >= 15 is 0 Å². The van der Waals surface area contributed by atoms with E-state index in [1.54, 1.807) is 25.3 Å². The smallest absolute Gasteiger partial charge is 0.251 e. The second-order valence-electron chi connectivity index (χ2n) is 4.50. The van der Waals surface area contributed by atoms with E-state index in [-0.39, 0.29) is 5.91 Å². The van der Waals surface area contributed by atoms with Crippen LogP contribution in [0.5, 0.6) is 0 Å². The molecule has 1 aromatic carbocycles. The van der Waals surface area contributed by atoms with Crippen LogP contribution in [-0.4, -0.2) is 38.4 Å². The Labute approximate surface area is 125 Å². The van der Waals surface area contributed by atoms with Crippen molar-refractivity contribution < 1.29 is 14.3 Å². The Hall–Kier alpha value is -0.620. The van der Waals surface area contributed by atoms with Crippen molar-refractivity contribution in [1.82, 2.24) is 5.32 Å². The number of ether oxygens (including phenoxy) is 2. The lowest BCUT2D eigenvalue weighted by molar-refractivity contribution is -0.0148. The zero-order valence-electron chi connectivity index (χ0n) is 10.5. The lowest BCUT2D eigenvalue weighted by Gasteiger charge is -2.25. The standard InChI is InChI=1S/C13H15BrClNO3/c1-18-13(4-5-19-8-13)7-16-12(17)9-2-3-10(14)11(15)6-9/h2-3,6H,4-5,7-8H2,1H3,(H,16,17). The molecule has 1 aliphatic rings. The molecule has 0 radical (unpaired) electrons. The topological polar surface area (TPSA) is 47.6 Å². The van der Waals surface area contributed by atoms with Crippen LogP contribution in [-0.2, 0) is 9.47 Å². The lowest BCUT2D eigenvalue weighted by Crippen LogP contribution is -2.45. The van der Waals surface area contributed by atoms with Crippen molar-refractivity contribution in [3.63, 3.8) is 0 Å². The molecule has 1 aliphatic heterocycles. The predicted octanol–water partition coefficient (Wildman–Crippen LogP) is 2.64. The van der Waals surface area contributed by atoms with Gasteiger partial charge in [-0.15, -0.1) is 0 Å². The van der Waals surface area contributed by atoms with Crippen molar-refractivity contribution in [3.8, 4) is 0 Å². The summed E-state index contributed by atoms with van der Waals surface area (Å²) in [5, 5.41) is 3.37. The van der Waals surface area contributed by atoms with E-state index in [2.05, 4.69) is 21.2 Å². The molecule has 2 rings (SSSR count). The van der Waals surface area contributed by atoms with Gasteiger partial charge in [0.15, 0.2) is 0 Å². The Morgan fingerprint density at radius 3 is 3.00 bits per heavy atom. The third-order valence-electron chi connectivity index (χ3n) is 3.25. The molecule has 1 fully saturated rings. The summed E-state index contributed by atoms with van der Waals surface area (Å²) in [4.78, 5) is 12.0. The minimum atomic E-state index is -0.408. The maximum absolute atomic E-state index is 12.0. The number of carbonyl (C=O) groups excluding carboxylic acids is 1. The van der Waals surface area contributed by atoms with E-state index in [1.807, 2.05) is 0 Å². The van der Waals surface area contributed by atoms with Gasteiger partial charge >= 0.3 is 0 Å². The molecular formula is C13H15BrClNO3. The van der Waals surface area contributed by atoms with Crippen LogP contribution in [0, 0.1) is 0 Å². The minimum Gasteiger partial charge on any atom is -0.378 e. The van der Waals surface area contributed by atoms with Gasteiger partial charge in [0, 0.05) is 36.7 Å². The van der Waals surface area contributed by atoms with Crippen LogP contribution in [0.15, 0.2) is 22.7 Å². The highest BCUT2D eigenvalue weighted by Crippen LogP contribution is 2.24. The average Bonchev–Trinajstić information content (AvgIpc) is 2.89. The highest BCUT2D eigenvalue weighted by Gasteiger charge is 2.35. The van der Waals surface area contributed by atoms with Crippen molar-refractivity contribution in [1.29, 1.82) is 0 Å². The number of halogens is 2. The van der Waals surface area contributed by atoms with Crippen molar-refractivity contribution >= 4 is 33.4 Å². The number of nitrogens with one attached hydrogen (secondary N) is 1. The first-order valence-electron chi connectivity index (χ1n) is 5.92. The number of rotatable bonds is 4. The molecule has 0 spiro atoms. The maximum Gasteiger partial charge on any atom is 0.251 e. The number of carbonyl (C=O) groups is 1. The molecule has 1 N–H and O–H groups in total. The van der Waals surface area contributed by atoms with Gasteiger partial charge in [-0.3, -0.25) is 4.79 Å². The Morgan fingerprint density at radius 1 is 1.63 bits per heavy atom. The number of hydrogen-bond acceptors (Lipinski definition) is 3. The van der Waals surface area contributed by atoms with Crippen molar-refractivity contribution in [3.05, 3.63) is 33.3 Å². The molecule has 1 aromatic rings. The molecule has 4 nitrogen and oxygen atoms in total. The van der Waals surface area contributed by atoms with Crippen LogP contribution in [0.4, 0.5) is 0 Å². The number of hydrogen-bond donors (Lipinski definition) is 1. The number of amides is 1. The van der Waals surface area contributed by atoms with Gasteiger partial charge in [0.2, 0.25) is 0 Å². The maximum atomic E-state index is 12.0. The Balaban J connectivity index is 1.99. The SMILES string of the molecule is COC1(CNC(=O)c2ccc(Br)c(Cl)c2)CCOC1. The molecule has 1 amide bonds. The highest BCUT2D eigenvalue weighted by molar-refractivity contribution is 9.10. The predicted molar refractivity (Wildman–Crippen MR) is 76.7 cm³/mol. The van der Waals surface area contributed by atoms with Gasteiger partial charge in [0.25, 0.3) is 5.91 Å². The van der Waals surface area contributed by atoms with E-state index < -0.39 is 5.60 Å². The van der Waals surface area contributed by atoms with Gasteiger partial charge in [-0.05, 0) is 34.1 Å². The molecule has 1 saturated heterocycles. The van der Waals surface area contributed by atoms with Gasteiger partial charge in [0.05, 0.1) is 11.6 Å². The normalized spacial score (nSPS) is 22.5. The lowest BCUT2D eigenvalue weighted by atomic mass is 10.0. The molecule has 0 aliphatic carbocycles. The first kappa shape index (κ1) is 14.8. The highest BCUT2D eigenvalue weighted by atomic mass is 79.9. The molecular weight excluding hydrogens is 334 g/mol. The molecule has 0 aromatic heterocycles. The summed E-state index contributed by atoms with van der Waals surface area (Å²) in [6.07, 6.45) is 0.783. The minimum absolute atomic E-state index is 0.169. The summed E-state index contributed by atoms with van der Waals surface area (Å²) < 4.78 is 11.5. The van der Waals surface area contributed by atoms with Gasteiger partial charge in [-0.1, -0.05) is 11.6 Å². The fourth-order valence-corrected chi connectivity index (χ4v) is 2.37. The zero-order valence-corrected chi connectivity index (χ0v) is 12.9. The van der Waals surface area contributed by atoms with Crippen molar-refractivity contribution in [2.45, 2.75) is 12.0 Å². The fraction of sp³-hybridized carbons (Fsp3) is 0.462. The molecule has 1 unspecified atom stereocenters. The molecule has 104 valence electrons. The Morgan fingerprint density at radius 2 is 2.42 bits per heavy atom. The van der Waals surface area contributed by atoms with E-state index in [4.69, 9.17) is 21.1 Å². The third-order valence-corrected chi connectivity index (χ3v) is 4.49. The van der Waals surface area contributed by atoms with Crippen LogP contribution in [0.25, 0.3) is 0 Å². The molecule has 1 heterocycles. The summed E-state index contributed by atoms with van der Waals surface area (Å²) >= 11 is 9.26. The van der Waals surface area contributed by atoms with Crippen LogP contribution in [0.1, 0.15) is 16.8 Å². The largest absolute Gasteiger partial charge is 0.378 e. The first-order chi connectivity index (χ1) is 9.06. The quantitative estimate of drug-likeness (QED) is 0.910. The third kappa shape index (κ3) is 3.48. The molecule has 6 heteroatoms. The number of methoxy groups -OCH3 is 1. The zero-order chi connectivity index (χ0) is 13.9. The second-order valence-corrected chi connectivity index (χ2v) is 5.76. The van der Waals surface area contributed by atoms with E-state index in [1.165, 1.54) is 0 Å². The van der Waals surface area contributed by atoms with Crippen LogP contribution >= 0.6 is 27.5 Å². The van der Waals surface area contributed by atoms with Gasteiger partial charge in [-0.2, -0.15) is 0 Å². The molecule has 19 heavy (non-hydrogen) atoms. The molecule has 1 atom stereocenters. The van der Waals surface area contributed by atoms with E-state index in [0.717, 1.165) is 10.9 Å². The molecule has 0 bridgehead atoms. The van der Waals surface area contributed by atoms with Gasteiger partial charge in [0.1, 0.15) is 5.60 Å². The summed E-state index contributed by atoms with van der Waals surface area (Å²) in [7, 11) is 1.64. The van der Waals surface area contributed by atoms with Crippen LogP contribution < -0.4 is 5.32 Å². The number of benzene rings is 1.